The van der Waals surface area contributed by atoms with Crippen LogP contribution in [0.3, 0.4) is 0 Å². The van der Waals surface area contributed by atoms with E-state index in [0.29, 0.717) is 12.3 Å². The summed E-state index contributed by atoms with van der Waals surface area (Å²) in [6.45, 7) is 7.77. The minimum absolute atomic E-state index is 0.312. The van der Waals surface area contributed by atoms with E-state index in [-0.39, 0.29) is 6.09 Å². The van der Waals surface area contributed by atoms with Crippen molar-refractivity contribution in [3.05, 3.63) is 30.3 Å². The van der Waals surface area contributed by atoms with Crippen LogP contribution in [0.1, 0.15) is 13.8 Å². The molecular weight excluding hydrogens is 228 g/mol. The summed E-state index contributed by atoms with van der Waals surface area (Å²) in [7, 11) is 1.76. The Labute approximate surface area is 109 Å². The normalized spacial score (nSPS) is 10.4. The summed E-state index contributed by atoms with van der Waals surface area (Å²) < 4.78 is 5.24. The summed E-state index contributed by atoms with van der Waals surface area (Å²) in [4.78, 5) is 15.7. The Bertz CT molecular complexity index is 350. The standard InChI is InChI=1S/C14H22N2O2/c1-4-16(5-2)12-11-15(3)14(17)18-13-9-7-6-8-10-13/h6-10H,4-5,11-12H2,1-3H3. The van der Waals surface area contributed by atoms with Crippen LogP contribution in [0.2, 0.25) is 0 Å². The third-order valence-corrected chi connectivity index (χ3v) is 2.91. The quantitative estimate of drug-likeness (QED) is 0.777. The molecule has 18 heavy (non-hydrogen) atoms. The topological polar surface area (TPSA) is 32.8 Å². The number of rotatable bonds is 6. The maximum atomic E-state index is 11.8. The monoisotopic (exact) mass is 250 g/mol. The van der Waals surface area contributed by atoms with E-state index in [4.69, 9.17) is 4.74 Å². The van der Waals surface area contributed by atoms with Crippen LogP contribution in [0.5, 0.6) is 5.75 Å². The smallest absolute Gasteiger partial charge is 0.410 e. The van der Waals surface area contributed by atoms with Crippen molar-refractivity contribution in [1.29, 1.82) is 0 Å². The third kappa shape index (κ3) is 4.75. The van der Waals surface area contributed by atoms with Gasteiger partial charge in [0, 0.05) is 20.1 Å². The fourth-order valence-corrected chi connectivity index (χ4v) is 1.59. The molecule has 0 aliphatic heterocycles. The van der Waals surface area contributed by atoms with E-state index in [2.05, 4.69) is 18.7 Å². The first-order chi connectivity index (χ1) is 8.67. The molecule has 1 amide bonds. The SMILES string of the molecule is CCN(CC)CCN(C)C(=O)Oc1ccccc1. The van der Waals surface area contributed by atoms with E-state index < -0.39 is 0 Å². The molecule has 1 rings (SSSR count). The zero-order chi connectivity index (χ0) is 13.4. The molecule has 0 fully saturated rings. The van der Waals surface area contributed by atoms with E-state index in [0.717, 1.165) is 19.6 Å². The number of hydrogen-bond donors (Lipinski definition) is 0. The largest absolute Gasteiger partial charge is 0.415 e. The van der Waals surface area contributed by atoms with Gasteiger partial charge in [-0.05, 0) is 25.2 Å². The Kier molecular flexibility index (Phi) is 6.22. The van der Waals surface area contributed by atoms with Crippen molar-refractivity contribution in [3.8, 4) is 5.75 Å². The predicted octanol–water partition coefficient (Wildman–Crippen LogP) is 2.46. The number of amides is 1. The number of nitrogens with zero attached hydrogens (tertiary/aromatic N) is 2. The summed E-state index contributed by atoms with van der Waals surface area (Å²) >= 11 is 0. The molecule has 1 aromatic rings. The lowest BCUT2D eigenvalue weighted by Crippen LogP contribution is -2.37. The van der Waals surface area contributed by atoms with Gasteiger partial charge in [-0.15, -0.1) is 0 Å². The van der Waals surface area contributed by atoms with Crippen LogP contribution in [0.15, 0.2) is 30.3 Å². The second-order valence-corrected chi connectivity index (χ2v) is 4.13. The number of ether oxygens (including phenoxy) is 1. The highest BCUT2D eigenvalue weighted by molar-refractivity contribution is 5.70. The molecule has 0 heterocycles. The van der Waals surface area contributed by atoms with Gasteiger partial charge in [-0.25, -0.2) is 4.79 Å². The Morgan fingerprint density at radius 2 is 1.72 bits per heavy atom. The maximum Gasteiger partial charge on any atom is 0.415 e. The Morgan fingerprint density at radius 1 is 1.11 bits per heavy atom. The number of hydrogen-bond acceptors (Lipinski definition) is 3. The van der Waals surface area contributed by atoms with Gasteiger partial charge >= 0.3 is 6.09 Å². The zero-order valence-electron chi connectivity index (χ0n) is 11.4. The summed E-state index contributed by atoms with van der Waals surface area (Å²) in [6, 6.07) is 9.13. The van der Waals surface area contributed by atoms with E-state index in [1.54, 1.807) is 24.1 Å². The first-order valence-electron chi connectivity index (χ1n) is 6.37. The summed E-state index contributed by atoms with van der Waals surface area (Å²) in [5.41, 5.74) is 0. The highest BCUT2D eigenvalue weighted by Gasteiger charge is 2.11. The number of likely N-dealkylation sites (N-methyl/N-ethyl adjacent to an activating group) is 2. The summed E-state index contributed by atoms with van der Waals surface area (Å²) in [5.74, 6) is 0.581. The molecule has 0 aliphatic carbocycles. The molecule has 4 heteroatoms. The summed E-state index contributed by atoms with van der Waals surface area (Å²) in [5, 5.41) is 0. The average Bonchev–Trinajstić information content (AvgIpc) is 2.40. The highest BCUT2D eigenvalue weighted by Crippen LogP contribution is 2.09. The van der Waals surface area contributed by atoms with Crippen LogP contribution < -0.4 is 4.74 Å². The van der Waals surface area contributed by atoms with Gasteiger partial charge in [-0.1, -0.05) is 32.0 Å². The molecule has 100 valence electrons. The van der Waals surface area contributed by atoms with Crippen molar-refractivity contribution < 1.29 is 9.53 Å². The third-order valence-electron chi connectivity index (χ3n) is 2.91. The molecule has 0 aliphatic rings. The van der Waals surface area contributed by atoms with Crippen molar-refractivity contribution in [2.45, 2.75) is 13.8 Å². The van der Waals surface area contributed by atoms with Crippen LogP contribution in [0.25, 0.3) is 0 Å². The minimum atomic E-state index is -0.312. The lowest BCUT2D eigenvalue weighted by atomic mass is 10.3. The molecular formula is C14H22N2O2. The number of para-hydroxylation sites is 1. The molecule has 0 N–H and O–H groups in total. The van der Waals surface area contributed by atoms with E-state index in [9.17, 15) is 4.79 Å². The van der Waals surface area contributed by atoms with Gasteiger partial charge in [0.2, 0.25) is 0 Å². The van der Waals surface area contributed by atoms with Crippen molar-refractivity contribution >= 4 is 6.09 Å². The number of carbonyl (C=O) groups is 1. The molecule has 0 atom stereocenters. The molecule has 0 spiro atoms. The molecule has 0 radical (unpaired) electrons. The molecule has 0 saturated carbocycles. The van der Waals surface area contributed by atoms with Crippen LogP contribution in [0.4, 0.5) is 4.79 Å². The lowest BCUT2D eigenvalue weighted by molar-refractivity contribution is 0.155. The summed E-state index contributed by atoms with van der Waals surface area (Å²) in [6.07, 6.45) is -0.312. The van der Waals surface area contributed by atoms with E-state index in [1.807, 2.05) is 18.2 Å². The Balaban J connectivity index is 2.37. The van der Waals surface area contributed by atoms with Gasteiger partial charge in [-0.3, -0.25) is 0 Å². The van der Waals surface area contributed by atoms with Gasteiger partial charge in [-0.2, -0.15) is 0 Å². The van der Waals surface area contributed by atoms with Crippen LogP contribution in [-0.4, -0.2) is 49.1 Å². The maximum absolute atomic E-state index is 11.8. The predicted molar refractivity (Wildman–Crippen MR) is 72.9 cm³/mol. The minimum Gasteiger partial charge on any atom is -0.410 e. The first-order valence-corrected chi connectivity index (χ1v) is 6.37. The van der Waals surface area contributed by atoms with E-state index >= 15 is 0 Å². The van der Waals surface area contributed by atoms with Crippen molar-refractivity contribution in [1.82, 2.24) is 9.80 Å². The Morgan fingerprint density at radius 3 is 2.28 bits per heavy atom. The van der Waals surface area contributed by atoms with E-state index in [1.165, 1.54) is 0 Å². The van der Waals surface area contributed by atoms with Crippen molar-refractivity contribution in [3.63, 3.8) is 0 Å². The van der Waals surface area contributed by atoms with Crippen LogP contribution in [-0.2, 0) is 0 Å². The fraction of sp³-hybridized carbons (Fsp3) is 0.500. The van der Waals surface area contributed by atoms with Gasteiger partial charge in [0.1, 0.15) is 5.75 Å². The molecule has 4 nitrogen and oxygen atoms in total. The van der Waals surface area contributed by atoms with Crippen molar-refractivity contribution in [2.75, 3.05) is 33.2 Å². The van der Waals surface area contributed by atoms with Gasteiger partial charge in [0.05, 0.1) is 0 Å². The highest BCUT2D eigenvalue weighted by atomic mass is 16.6. The number of carbonyl (C=O) groups excluding carboxylic acids is 1. The molecule has 0 saturated heterocycles. The van der Waals surface area contributed by atoms with Crippen LogP contribution >= 0.6 is 0 Å². The average molecular weight is 250 g/mol. The number of benzene rings is 1. The van der Waals surface area contributed by atoms with Crippen LogP contribution in [0, 0.1) is 0 Å². The van der Waals surface area contributed by atoms with Crippen molar-refractivity contribution in [2.24, 2.45) is 0 Å². The second-order valence-electron chi connectivity index (χ2n) is 4.13. The second kappa shape index (κ2) is 7.71. The van der Waals surface area contributed by atoms with Gasteiger partial charge in [0.25, 0.3) is 0 Å². The zero-order valence-corrected chi connectivity index (χ0v) is 11.4. The Hall–Kier alpha value is -1.55. The molecule has 0 bridgehead atoms. The molecule has 1 aromatic carbocycles. The first kappa shape index (κ1) is 14.5. The van der Waals surface area contributed by atoms with Gasteiger partial charge in [0.15, 0.2) is 0 Å². The molecule has 0 unspecified atom stereocenters. The fourth-order valence-electron chi connectivity index (χ4n) is 1.59. The lowest BCUT2D eigenvalue weighted by Gasteiger charge is -2.22. The molecule has 0 aromatic heterocycles. The van der Waals surface area contributed by atoms with Gasteiger partial charge < -0.3 is 14.5 Å².